The van der Waals surface area contributed by atoms with Gasteiger partial charge < -0.3 is 5.11 Å². The maximum Gasteiger partial charge on any atom is 0.341 e. The molecule has 0 heterocycles. The van der Waals surface area contributed by atoms with Crippen molar-refractivity contribution < 1.29 is 31.9 Å². The molecule has 0 fully saturated rings. The molecule has 0 aromatic rings. The van der Waals surface area contributed by atoms with Gasteiger partial charge in [0.25, 0.3) is 0 Å². The van der Waals surface area contributed by atoms with Gasteiger partial charge in [-0.1, -0.05) is 0 Å². The van der Waals surface area contributed by atoms with Gasteiger partial charge >= 0.3 is 5.97 Å². The molecule has 0 rings (SSSR count). The number of hydrogen-bond donors (Lipinski definition) is 1. The third kappa shape index (κ3) is 4.44. The molecular formula is C8H11F5O2. The number of alkyl halides is 5. The molecule has 0 bridgehead atoms. The van der Waals surface area contributed by atoms with E-state index < -0.39 is 43.8 Å². The number of halogens is 5. The first-order chi connectivity index (χ1) is 6.91. The Labute approximate surface area is 83.1 Å². The predicted molar refractivity (Wildman–Crippen MR) is 42.4 cm³/mol. The van der Waals surface area contributed by atoms with Gasteiger partial charge in [-0.25, -0.2) is 22.4 Å². The lowest BCUT2D eigenvalue weighted by atomic mass is 10.0. The Balaban J connectivity index is 4.17. The summed E-state index contributed by atoms with van der Waals surface area (Å²) in [6.45, 7) is -0.901. The van der Waals surface area contributed by atoms with Crippen LogP contribution in [-0.2, 0) is 4.79 Å². The van der Waals surface area contributed by atoms with Crippen LogP contribution in [0.2, 0.25) is 0 Å². The first-order valence-corrected chi connectivity index (χ1v) is 4.26. The van der Waals surface area contributed by atoms with Crippen LogP contribution < -0.4 is 0 Å². The zero-order valence-electron chi connectivity index (χ0n) is 7.68. The van der Waals surface area contributed by atoms with Crippen LogP contribution >= 0.6 is 0 Å². The molecule has 0 aliphatic rings. The summed E-state index contributed by atoms with van der Waals surface area (Å²) in [6, 6.07) is 0. The number of carbonyl (C=O) groups is 1. The van der Waals surface area contributed by atoms with Gasteiger partial charge in [-0.2, -0.15) is 0 Å². The molecule has 0 aliphatic heterocycles. The lowest BCUT2D eigenvalue weighted by molar-refractivity contribution is -0.147. The Kier molecular flexibility index (Phi) is 6.19. The minimum Gasteiger partial charge on any atom is -0.479 e. The van der Waals surface area contributed by atoms with E-state index in [-0.39, 0.29) is 6.42 Å². The van der Waals surface area contributed by atoms with Crippen molar-refractivity contribution in [2.45, 2.75) is 37.5 Å². The highest BCUT2D eigenvalue weighted by Gasteiger charge is 2.39. The van der Waals surface area contributed by atoms with E-state index in [4.69, 9.17) is 5.11 Å². The predicted octanol–water partition coefficient (Wildman–Crippen LogP) is 2.17. The summed E-state index contributed by atoms with van der Waals surface area (Å²) in [5.41, 5.74) is 0. The van der Waals surface area contributed by atoms with E-state index >= 15 is 0 Å². The molecule has 15 heavy (non-hydrogen) atoms. The van der Waals surface area contributed by atoms with E-state index in [0.717, 1.165) is 0 Å². The third-order valence-electron chi connectivity index (χ3n) is 1.78. The fourth-order valence-corrected chi connectivity index (χ4v) is 0.928. The Morgan fingerprint density at radius 1 is 1.13 bits per heavy atom. The van der Waals surface area contributed by atoms with Gasteiger partial charge in [0, 0.05) is 0 Å². The van der Waals surface area contributed by atoms with Gasteiger partial charge in [-0.05, 0) is 12.8 Å². The summed E-state index contributed by atoms with van der Waals surface area (Å²) in [5, 5.41) is 8.00. The van der Waals surface area contributed by atoms with Gasteiger partial charge in [0.1, 0.15) is 6.17 Å². The molecule has 0 radical (unpaired) electrons. The van der Waals surface area contributed by atoms with E-state index in [2.05, 4.69) is 0 Å². The zero-order chi connectivity index (χ0) is 12.0. The molecule has 0 aliphatic carbocycles. The van der Waals surface area contributed by atoms with E-state index in [0.29, 0.717) is 0 Å². The second-order valence-electron chi connectivity index (χ2n) is 2.98. The second-order valence-corrected chi connectivity index (χ2v) is 2.98. The van der Waals surface area contributed by atoms with Crippen molar-refractivity contribution >= 4 is 5.97 Å². The normalized spacial score (nSPS) is 19.3. The molecule has 0 amide bonds. The largest absolute Gasteiger partial charge is 0.479 e. The molecule has 4 unspecified atom stereocenters. The summed E-state index contributed by atoms with van der Waals surface area (Å²) in [7, 11) is 0. The molecule has 7 heteroatoms. The molecule has 0 aromatic carbocycles. The van der Waals surface area contributed by atoms with E-state index in [1.165, 1.54) is 0 Å². The molecule has 2 nitrogen and oxygen atoms in total. The maximum atomic E-state index is 12.7. The maximum absolute atomic E-state index is 12.7. The van der Waals surface area contributed by atoms with Gasteiger partial charge in [-0.3, -0.25) is 4.39 Å². The summed E-state index contributed by atoms with van der Waals surface area (Å²) in [4.78, 5) is 9.92. The van der Waals surface area contributed by atoms with Crippen molar-refractivity contribution in [3.8, 4) is 0 Å². The Morgan fingerprint density at radius 2 is 1.67 bits per heavy atom. The average Bonchev–Trinajstić information content (AvgIpc) is 2.22. The minimum absolute atomic E-state index is 0.321. The van der Waals surface area contributed by atoms with Crippen LogP contribution in [0.1, 0.15) is 12.8 Å². The van der Waals surface area contributed by atoms with Crippen molar-refractivity contribution in [3.63, 3.8) is 0 Å². The summed E-state index contributed by atoms with van der Waals surface area (Å²) < 4.78 is 62.1. The Morgan fingerprint density at radius 3 is 2.07 bits per heavy atom. The average molecular weight is 234 g/mol. The van der Waals surface area contributed by atoms with Crippen LogP contribution in [0.4, 0.5) is 22.0 Å². The standard InChI is InChI=1S/C8H11F5O2/c9-3-1-2-4(10)5(11)6(12)7(13)8(14)15/h4-7H,1-3H2,(H,14,15). The topological polar surface area (TPSA) is 37.3 Å². The monoisotopic (exact) mass is 234 g/mol. The summed E-state index contributed by atoms with van der Waals surface area (Å²) >= 11 is 0. The Hall–Kier alpha value is -0.880. The quantitative estimate of drug-likeness (QED) is 0.685. The lowest BCUT2D eigenvalue weighted by Gasteiger charge is -2.17. The molecule has 1 N–H and O–H groups in total. The molecular weight excluding hydrogens is 223 g/mol. The number of aliphatic carboxylic acids is 1. The molecule has 0 saturated heterocycles. The van der Waals surface area contributed by atoms with E-state index in [1.54, 1.807) is 0 Å². The van der Waals surface area contributed by atoms with Crippen molar-refractivity contribution in [1.29, 1.82) is 0 Å². The van der Waals surface area contributed by atoms with Crippen LogP contribution in [0.3, 0.4) is 0 Å². The van der Waals surface area contributed by atoms with Crippen LogP contribution in [0, 0.1) is 0 Å². The summed E-state index contributed by atoms with van der Waals surface area (Å²) in [6.07, 6.45) is -12.4. The minimum atomic E-state index is -3.11. The van der Waals surface area contributed by atoms with Gasteiger partial charge in [0.05, 0.1) is 6.67 Å². The van der Waals surface area contributed by atoms with Crippen molar-refractivity contribution in [2.75, 3.05) is 6.67 Å². The van der Waals surface area contributed by atoms with Crippen LogP contribution in [0.15, 0.2) is 0 Å². The molecule has 0 aromatic heterocycles. The summed E-state index contributed by atoms with van der Waals surface area (Å²) in [5.74, 6) is -2.19. The van der Waals surface area contributed by atoms with Crippen LogP contribution in [0.5, 0.6) is 0 Å². The second kappa shape index (κ2) is 6.58. The fraction of sp³-hybridized carbons (Fsp3) is 0.875. The number of hydrogen-bond acceptors (Lipinski definition) is 1. The van der Waals surface area contributed by atoms with Crippen molar-refractivity contribution in [2.24, 2.45) is 0 Å². The molecule has 90 valence electrons. The van der Waals surface area contributed by atoms with E-state index in [9.17, 15) is 26.7 Å². The first kappa shape index (κ1) is 14.1. The van der Waals surface area contributed by atoms with Crippen LogP contribution in [-0.4, -0.2) is 42.4 Å². The third-order valence-corrected chi connectivity index (χ3v) is 1.78. The SMILES string of the molecule is O=C(O)C(F)C(F)C(F)C(F)CCCF. The van der Waals surface area contributed by atoms with Gasteiger partial charge in [0.15, 0.2) is 12.3 Å². The van der Waals surface area contributed by atoms with Gasteiger partial charge in [0.2, 0.25) is 6.17 Å². The zero-order valence-corrected chi connectivity index (χ0v) is 7.68. The fourth-order valence-electron chi connectivity index (χ4n) is 0.928. The highest BCUT2D eigenvalue weighted by Crippen LogP contribution is 2.20. The highest BCUT2D eigenvalue weighted by molar-refractivity contribution is 5.73. The lowest BCUT2D eigenvalue weighted by Crippen LogP contribution is -2.39. The smallest absolute Gasteiger partial charge is 0.341 e. The molecule has 0 spiro atoms. The van der Waals surface area contributed by atoms with E-state index in [1.807, 2.05) is 0 Å². The number of carboxylic acids is 1. The number of rotatable bonds is 7. The van der Waals surface area contributed by atoms with Crippen molar-refractivity contribution in [1.82, 2.24) is 0 Å². The van der Waals surface area contributed by atoms with Gasteiger partial charge in [-0.15, -0.1) is 0 Å². The highest BCUT2D eigenvalue weighted by atomic mass is 19.2. The molecule has 4 atom stereocenters. The Bertz CT molecular complexity index is 201. The van der Waals surface area contributed by atoms with Crippen LogP contribution in [0.25, 0.3) is 0 Å². The first-order valence-electron chi connectivity index (χ1n) is 4.26. The van der Waals surface area contributed by atoms with Crippen molar-refractivity contribution in [3.05, 3.63) is 0 Å². The molecule has 0 saturated carbocycles. The number of carboxylic acid groups (broad SMARTS) is 1.